The summed E-state index contributed by atoms with van der Waals surface area (Å²) >= 11 is 0. The van der Waals surface area contributed by atoms with E-state index in [2.05, 4.69) is 20.6 Å². The molecule has 0 fully saturated rings. The van der Waals surface area contributed by atoms with Crippen molar-refractivity contribution in [3.63, 3.8) is 0 Å². The molecule has 0 spiro atoms. The summed E-state index contributed by atoms with van der Waals surface area (Å²) in [5.74, 6) is 1.50. The average molecular weight is 152 g/mol. The van der Waals surface area contributed by atoms with Gasteiger partial charge in [0.05, 0.1) is 0 Å². The molecule has 0 atom stereocenters. The Morgan fingerprint density at radius 3 is 3.00 bits per heavy atom. The van der Waals surface area contributed by atoms with Gasteiger partial charge in [0.15, 0.2) is 0 Å². The molecule has 0 amide bonds. The Hall–Kier alpha value is -1.32. The molecule has 1 rings (SSSR count). The van der Waals surface area contributed by atoms with E-state index < -0.39 is 0 Å². The van der Waals surface area contributed by atoms with E-state index >= 15 is 0 Å². The van der Waals surface area contributed by atoms with Gasteiger partial charge in [-0.3, -0.25) is 0 Å². The van der Waals surface area contributed by atoms with Crippen molar-refractivity contribution >= 4 is 11.8 Å². The number of nitrogens with zero attached hydrogens (tertiary/aromatic N) is 2. The number of nitrogens with one attached hydrogen (secondary N) is 2. The van der Waals surface area contributed by atoms with Gasteiger partial charge in [0, 0.05) is 19.8 Å². The Kier molecular flexibility index (Phi) is 2.66. The van der Waals surface area contributed by atoms with E-state index in [-0.39, 0.29) is 0 Å². The number of hydrogen-bond acceptors (Lipinski definition) is 4. The molecule has 0 aliphatic heterocycles. The monoisotopic (exact) mass is 152 g/mol. The van der Waals surface area contributed by atoms with Crippen LogP contribution in [0.15, 0.2) is 12.3 Å². The molecule has 60 valence electrons. The Labute approximate surface area is 66.1 Å². The fourth-order valence-electron chi connectivity index (χ4n) is 0.741. The van der Waals surface area contributed by atoms with E-state index in [1.165, 1.54) is 0 Å². The zero-order valence-corrected chi connectivity index (χ0v) is 6.76. The summed E-state index contributed by atoms with van der Waals surface area (Å²) in [4.78, 5) is 8.16. The molecule has 4 nitrogen and oxygen atoms in total. The van der Waals surface area contributed by atoms with Gasteiger partial charge < -0.3 is 10.6 Å². The zero-order valence-electron chi connectivity index (χ0n) is 6.76. The first-order chi connectivity index (χ1) is 5.36. The van der Waals surface area contributed by atoms with Gasteiger partial charge in [-0.05, 0) is 13.0 Å². The first kappa shape index (κ1) is 7.78. The van der Waals surface area contributed by atoms with Crippen LogP contribution in [0.5, 0.6) is 0 Å². The van der Waals surface area contributed by atoms with E-state index in [1.807, 2.05) is 20.0 Å². The molecule has 0 aliphatic rings. The average Bonchev–Trinajstić information content (AvgIpc) is 2.06. The lowest BCUT2D eigenvalue weighted by Crippen LogP contribution is -2.03. The smallest absolute Gasteiger partial charge is 0.224 e. The minimum Gasteiger partial charge on any atom is -0.373 e. The van der Waals surface area contributed by atoms with Crippen LogP contribution in [-0.4, -0.2) is 23.6 Å². The van der Waals surface area contributed by atoms with E-state index in [1.54, 1.807) is 6.20 Å². The molecule has 0 saturated carbocycles. The Morgan fingerprint density at radius 2 is 2.36 bits per heavy atom. The van der Waals surface area contributed by atoms with Crippen molar-refractivity contribution in [2.75, 3.05) is 24.2 Å². The Bertz CT molecular complexity index is 223. The van der Waals surface area contributed by atoms with E-state index in [4.69, 9.17) is 0 Å². The minimum atomic E-state index is 0.666. The second kappa shape index (κ2) is 3.75. The molecule has 0 aliphatic carbocycles. The summed E-state index contributed by atoms with van der Waals surface area (Å²) in [6.45, 7) is 2.85. The molecule has 1 aromatic rings. The fourth-order valence-corrected chi connectivity index (χ4v) is 0.741. The highest BCUT2D eigenvalue weighted by molar-refractivity contribution is 5.38. The lowest BCUT2D eigenvalue weighted by molar-refractivity contribution is 1.08. The molecule has 0 aromatic carbocycles. The van der Waals surface area contributed by atoms with Crippen molar-refractivity contribution in [3.8, 4) is 0 Å². The van der Waals surface area contributed by atoms with Crippen molar-refractivity contribution in [1.82, 2.24) is 9.97 Å². The predicted molar refractivity (Wildman–Crippen MR) is 45.7 cm³/mol. The highest BCUT2D eigenvalue weighted by atomic mass is 15.1. The summed E-state index contributed by atoms with van der Waals surface area (Å²) < 4.78 is 0. The van der Waals surface area contributed by atoms with Crippen LogP contribution in [0.1, 0.15) is 6.92 Å². The third-order valence-electron chi connectivity index (χ3n) is 1.25. The van der Waals surface area contributed by atoms with Gasteiger partial charge in [-0.1, -0.05) is 0 Å². The molecule has 4 heteroatoms. The summed E-state index contributed by atoms with van der Waals surface area (Å²) in [7, 11) is 1.83. The van der Waals surface area contributed by atoms with Crippen LogP contribution in [0.25, 0.3) is 0 Å². The van der Waals surface area contributed by atoms with Crippen LogP contribution in [0.3, 0.4) is 0 Å². The van der Waals surface area contributed by atoms with Crippen LogP contribution >= 0.6 is 0 Å². The van der Waals surface area contributed by atoms with Gasteiger partial charge >= 0.3 is 0 Å². The van der Waals surface area contributed by atoms with Gasteiger partial charge in [0.1, 0.15) is 5.82 Å². The maximum atomic E-state index is 4.15. The molecule has 0 bridgehead atoms. The van der Waals surface area contributed by atoms with Crippen molar-refractivity contribution < 1.29 is 0 Å². The van der Waals surface area contributed by atoms with E-state index in [0.29, 0.717) is 5.95 Å². The summed E-state index contributed by atoms with van der Waals surface area (Å²) in [6, 6.07) is 1.82. The molecule has 11 heavy (non-hydrogen) atoms. The lowest BCUT2D eigenvalue weighted by atomic mass is 10.6. The second-order valence-corrected chi connectivity index (χ2v) is 2.05. The predicted octanol–water partition coefficient (Wildman–Crippen LogP) is 0.950. The topological polar surface area (TPSA) is 49.8 Å². The third kappa shape index (κ3) is 2.07. The summed E-state index contributed by atoms with van der Waals surface area (Å²) in [5, 5.41) is 5.95. The molecule has 1 aromatic heterocycles. The van der Waals surface area contributed by atoms with Crippen LogP contribution in [0.4, 0.5) is 11.8 Å². The van der Waals surface area contributed by atoms with Gasteiger partial charge in [-0.2, -0.15) is 4.98 Å². The van der Waals surface area contributed by atoms with Crippen molar-refractivity contribution in [1.29, 1.82) is 0 Å². The van der Waals surface area contributed by atoms with Gasteiger partial charge in [-0.25, -0.2) is 4.98 Å². The van der Waals surface area contributed by atoms with Crippen molar-refractivity contribution in [2.45, 2.75) is 6.92 Å². The molecule has 1 heterocycles. The number of anilines is 2. The third-order valence-corrected chi connectivity index (χ3v) is 1.25. The first-order valence-electron chi connectivity index (χ1n) is 3.61. The molecular weight excluding hydrogens is 140 g/mol. The van der Waals surface area contributed by atoms with Gasteiger partial charge in [-0.15, -0.1) is 0 Å². The molecule has 0 unspecified atom stereocenters. The summed E-state index contributed by atoms with van der Waals surface area (Å²) in [5.41, 5.74) is 0. The van der Waals surface area contributed by atoms with Crippen LogP contribution in [0, 0.1) is 0 Å². The standard InChI is InChI=1S/C7H12N4/c1-3-9-7-10-5-4-6(8-2)11-7/h4-5H,3H2,1-2H3,(H2,8,9,10,11). The normalized spacial score (nSPS) is 9.27. The quantitative estimate of drug-likeness (QED) is 0.677. The van der Waals surface area contributed by atoms with Crippen molar-refractivity contribution in [3.05, 3.63) is 12.3 Å². The van der Waals surface area contributed by atoms with Crippen LogP contribution in [-0.2, 0) is 0 Å². The Morgan fingerprint density at radius 1 is 1.55 bits per heavy atom. The maximum Gasteiger partial charge on any atom is 0.224 e. The SMILES string of the molecule is CCNc1nccc(NC)n1. The number of hydrogen-bond donors (Lipinski definition) is 2. The fraction of sp³-hybridized carbons (Fsp3) is 0.429. The first-order valence-corrected chi connectivity index (χ1v) is 3.61. The summed E-state index contributed by atoms with van der Waals surface area (Å²) in [6.07, 6.45) is 1.72. The van der Waals surface area contributed by atoms with E-state index in [9.17, 15) is 0 Å². The van der Waals surface area contributed by atoms with Gasteiger partial charge in [0.2, 0.25) is 5.95 Å². The Balaban J connectivity index is 2.74. The molecule has 0 radical (unpaired) electrons. The highest BCUT2D eigenvalue weighted by Gasteiger charge is 1.93. The van der Waals surface area contributed by atoms with Crippen LogP contribution < -0.4 is 10.6 Å². The second-order valence-electron chi connectivity index (χ2n) is 2.05. The molecule has 2 N–H and O–H groups in total. The zero-order chi connectivity index (χ0) is 8.10. The number of rotatable bonds is 3. The van der Waals surface area contributed by atoms with Crippen LogP contribution in [0.2, 0.25) is 0 Å². The number of aromatic nitrogens is 2. The highest BCUT2D eigenvalue weighted by Crippen LogP contribution is 2.03. The van der Waals surface area contributed by atoms with E-state index in [0.717, 1.165) is 12.4 Å². The molecule has 0 saturated heterocycles. The minimum absolute atomic E-state index is 0.666. The van der Waals surface area contributed by atoms with Crippen molar-refractivity contribution in [2.24, 2.45) is 0 Å². The maximum absolute atomic E-state index is 4.15. The van der Waals surface area contributed by atoms with Gasteiger partial charge in [0.25, 0.3) is 0 Å². The lowest BCUT2D eigenvalue weighted by Gasteiger charge is -2.02. The largest absolute Gasteiger partial charge is 0.373 e. The molecular formula is C7H12N4.